The number of nitrogens with one attached hydrogen (secondary N) is 1. The molecule has 0 aliphatic heterocycles. The number of carboxylic acid groups (broad SMARTS) is 1. The van der Waals surface area contributed by atoms with Crippen LogP contribution in [0.25, 0.3) is 0 Å². The molecule has 1 aromatic rings. The maximum absolute atomic E-state index is 11.0. The smallest absolute Gasteiger partial charge is 0.405 e. The Morgan fingerprint density at radius 2 is 1.86 bits per heavy atom. The zero-order valence-electron chi connectivity index (χ0n) is 13.9. The van der Waals surface area contributed by atoms with E-state index < -0.39 is 14.4 Å². The van der Waals surface area contributed by atoms with Gasteiger partial charge < -0.3 is 14.8 Å². The molecule has 0 radical (unpaired) electrons. The predicted octanol–water partition coefficient (Wildman–Crippen LogP) is 5.17. The van der Waals surface area contributed by atoms with Crippen LogP contribution < -0.4 is 5.32 Å². The molecule has 1 rings (SSSR count). The number of benzene rings is 1. The highest BCUT2D eigenvalue weighted by atomic mass is 79.9. The van der Waals surface area contributed by atoms with E-state index in [0.29, 0.717) is 13.0 Å². The monoisotopic (exact) mass is 387 g/mol. The number of hydrogen-bond acceptors (Lipinski definition) is 2. The van der Waals surface area contributed by atoms with Crippen molar-refractivity contribution in [2.75, 3.05) is 6.61 Å². The summed E-state index contributed by atoms with van der Waals surface area (Å²) in [4.78, 5) is 11.0. The summed E-state index contributed by atoms with van der Waals surface area (Å²) < 4.78 is 7.12. The van der Waals surface area contributed by atoms with Gasteiger partial charge in [0.15, 0.2) is 8.32 Å². The first kappa shape index (κ1) is 19.2. The van der Waals surface area contributed by atoms with Gasteiger partial charge in [-0.2, -0.15) is 0 Å². The molecule has 1 atom stereocenters. The molecule has 6 heteroatoms. The molecule has 0 saturated carbocycles. The minimum atomic E-state index is -1.80. The second-order valence-electron chi connectivity index (χ2n) is 6.95. The average Bonchev–Trinajstić information content (AvgIpc) is 2.36. The van der Waals surface area contributed by atoms with E-state index >= 15 is 0 Å². The van der Waals surface area contributed by atoms with Crippen molar-refractivity contribution < 1.29 is 14.3 Å². The molecular formula is C16H26BrNO3Si. The Hall–Kier alpha value is -0.853. The lowest BCUT2D eigenvalue weighted by Gasteiger charge is -2.36. The third-order valence-corrected chi connectivity index (χ3v) is 9.31. The highest BCUT2D eigenvalue weighted by Gasteiger charge is 2.37. The van der Waals surface area contributed by atoms with Crippen molar-refractivity contribution in [3.63, 3.8) is 0 Å². The number of halogens is 1. The summed E-state index contributed by atoms with van der Waals surface area (Å²) >= 11 is 3.39. The zero-order valence-corrected chi connectivity index (χ0v) is 16.5. The molecule has 0 saturated heterocycles. The van der Waals surface area contributed by atoms with Gasteiger partial charge in [0.1, 0.15) is 0 Å². The molecule has 0 spiro atoms. The van der Waals surface area contributed by atoms with Gasteiger partial charge in [0, 0.05) is 11.1 Å². The summed E-state index contributed by atoms with van der Waals surface area (Å²) in [6, 6.07) is 7.44. The number of rotatable bonds is 6. The summed E-state index contributed by atoms with van der Waals surface area (Å²) in [6.07, 6.45) is -0.388. The van der Waals surface area contributed by atoms with Crippen LogP contribution in [0.15, 0.2) is 28.7 Å². The van der Waals surface area contributed by atoms with Crippen LogP contribution in [0, 0.1) is 0 Å². The lowest BCUT2D eigenvalue weighted by Crippen LogP contribution is -2.41. The Bertz CT molecular complexity index is 497. The van der Waals surface area contributed by atoms with Crippen molar-refractivity contribution in [2.45, 2.75) is 51.4 Å². The molecule has 0 fully saturated rings. The van der Waals surface area contributed by atoms with Crippen LogP contribution in [0.5, 0.6) is 0 Å². The van der Waals surface area contributed by atoms with Crippen molar-refractivity contribution >= 4 is 30.3 Å². The van der Waals surface area contributed by atoms with Crippen LogP contribution >= 0.6 is 15.9 Å². The Kier molecular flexibility index (Phi) is 6.64. The van der Waals surface area contributed by atoms with Gasteiger partial charge in [0.2, 0.25) is 0 Å². The van der Waals surface area contributed by atoms with Crippen molar-refractivity contribution in [3.8, 4) is 0 Å². The SMILES string of the molecule is CC(C)(C)[Si](C)(C)OCCC(NC(=O)O)c1ccc(Br)cc1. The lowest BCUT2D eigenvalue weighted by atomic mass is 10.0. The van der Waals surface area contributed by atoms with Crippen LogP contribution in [0.2, 0.25) is 18.1 Å². The van der Waals surface area contributed by atoms with Crippen molar-refractivity contribution in [3.05, 3.63) is 34.3 Å². The normalized spacial score (nSPS) is 13.7. The molecule has 1 aromatic carbocycles. The van der Waals surface area contributed by atoms with E-state index in [4.69, 9.17) is 9.53 Å². The maximum Gasteiger partial charge on any atom is 0.405 e. The van der Waals surface area contributed by atoms with Gasteiger partial charge in [-0.1, -0.05) is 48.8 Å². The fourth-order valence-electron chi connectivity index (χ4n) is 1.81. The Morgan fingerprint density at radius 3 is 2.32 bits per heavy atom. The first-order chi connectivity index (χ1) is 10.0. The van der Waals surface area contributed by atoms with Crippen molar-refractivity contribution in [1.29, 1.82) is 0 Å². The van der Waals surface area contributed by atoms with E-state index in [1.54, 1.807) is 0 Å². The molecule has 124 valence electrons. The molecule has 22 heavy (non-hydrogen) atoms. The standard InChI is InChI=1S/C16H26BrNO3Si/c1-16(2,3)22(4,5)21-11-10-14(18-15(19)20)12-6-8-13(17)9-7-12/h6-9,14,18H,10-11H2,1-5H3,(H,19,20). The number of hydrogen-bond donors (Lipinski definition) is 2. The Morgan fingerprint density at radius 1 is 1.32 bits per heavy atom. The second-order valence-corrected chi connectivity index (χ2v) is 12.7. The van der Waals surface area contributed by atoms with E-state index in [1.165, 1.54) is 0 Å². The van der Waals surface area contributed by atoms with Gasteiger partial charge >= 0.3 is 6.09 Å². The molecule has 2 N–H and O–H groups in total. The van der Waals surface area contributed by atoms with E-state index in [-0.39, 0.29) is 11.1 Å². The highest BCUT2D eigenvalue weighted by molar-refractivity contribution is 9.10. The van der Waals surface area contributed by atoms with Crippen LogP contribution in [0.1, 0.15) is 38.8 Å². The van der Waals surface area contributed by atoms with Gasteiger partial charge in [0.25, 0.3) is 0 Å². The highest BCUT2D eigenvalue weighted by Crippen LogP contribution is 2.36. The molecular weight excluding hydrogens is 362 g/mol. The maximum atomic E-state index is 11.0. The van der Waals surface area contributed by atoms with Crippen LogP contribution in [-0.4, -0.2) is 26.1 Å². The molecule has 1 unspecified atom stereocenters. The minimum absolute atomic E-state index is 0.153. The van der Waals surface area contributed by atoms with Gasteiger partial charge in [-0.3, -0.25) is 0 Å². The topological polar surface area (TPSA) is 58.6 Å². The average molecular weight is 388 g/mol. The molecule has 1 amide bonds. The summed E-state index contributed by atoms with van der Waals surface area (Å²) in [6.45, 7) is 11.5. The van der Waals surface area contributed by atoms with Gasteiger partial charge in [-0.05, 0) is 42.2 Å². The van der Waals surface area contributed by atoms with Gasteiger partial charge in [0.05, 0.1) is 6.04 Å². The summed E-state index contributed by atoms with van der Waals surface area (Å²) in [7, 11) is -1.80. The van der Waals surface area contributed by atoms with Crippen LogP contribution in [-0.2, 0) is 4.43 Å². The van der Waals surface area contributed by atoms with E-state index in [1.807, 2.05) is 24.3 Å². The molecule has 0 aliphatic rings. The van der Waals surface area contributed by atoms with Crippen molar-refractivity contribution in [2.24, 2.45) is 0 Å². The molecule has 0 heterocycles. The first-order valence-corrected chi connectivity index (χ1v) is 11.1. The third kappa shape index (κ3) is 5.74. The second kappa shape index (κ2) is 7.61. The number of carbonyl (C=O) groups is 1. The van der Waals surface area contributed by atoms with E-state index in [0.717, 1.165) is 10.0 Å². The van der Waals surface area contributed by atoms with Crippen molar-refractivity contribution in [1.82, 2.24) is 5.32 Å². The largest absolute Gasteiger partial charge is 0.465 e. The van der Waals surface area contributed by atoms with E-state index in [2.05, 4.69) is 55.1 Å². The fourth-order valence-corrected chi connectivity index (χ4v) is 3.14. The van der Waals surface area contributed by atoms with Crippen LogP contribution in [0.4, 0.5) is 4.79 Å². The summed E-state index contributed by atoms with van der Waals surface area (Å²) in [5.74, 6) is 0. The number of amides is 1. The quantitative estimate of drug-likeness (QED) is 0.661. The van der Waals surface area contributed by atoms with Gasteiger partial charge in [-0.15, -0.1) is 0 Å². The summed E-state index contributed by atoms with van der Waals surface area (Å²) in [5, 5.41) is 11.8. The minimum Gasteiger partial charge on any atom is -0.465 e. The zero-order chi connectivity index (χ0) is 17.0. The fraction of sp³-hybridized carbons (Fsp3) is 0.562. The molecule has 0 aromatic heterocycles. The molecule has 0 bridgehead atoms. The third-order valence-electron chi connectivity index (χ3n) is 4.25. The predicted molar refractivity (Wildman–Crippen MR) is 95.8 cm³/mol. The Labute approximate surface area is 142 Å². The summed E-state index contributed by atoms with van der Waals surface area (Å²) in [5.41, 5.74) is 0.949. The van der Waals surface area contributed by atoms with Crippen LogP contribution in [0.3, 0.4) is 0 Å². The molecule has 4 nitrogen and oxygen atoms in total. The van der Waals surface area contributed by atoms with E-state index in [9.17, 15) is 4.79 Å². The Balaban J connectivity index is 2.71. The first-order valence-electron chi connectivity index (χ1n) is 7.42. The molecule has 0 aliphatic carbocycles. The lowest BCUT2D eigenvalue weighted by molar-refractivity contribution is 0.185. The van der Waals surface area contributed by atoms with Gasteiger partial charge in [-0.25, -0.2) is 4.79 Å².